The van der Waals surface area contributed by atoms with E-state index in [1.807, 2.05) is 12.1 Å². The molecule has 0 aromatic heterocycles. The van der Waals surface area contributed by atoms with Crippen molar-refractivity contribution in [1.82, 2.24) is 4.90 Å². The largest absolute Gasteiger partial charge is 0.733 e. The minimum Gasteiger partial charge on any atom is -0.733 e. The van der Waals surface area contributed by atoms with E-state index in [1.165, 1.54) is 43.7 Å². The minimum atomic E-state index is -0.231. The number of hydrogen-bond acceptors (Lipinski definition) is 6. The lowest BCUT2D eigenvalue weighted by Crippen LogP contribution is -2.34. The van der Waals surface area contributed by atoms with Crippen molar-refractivity contribution in [1.29, 1.82) is 0 Å². The number of aryl methyl sites for hydroxylation is 2. The molecule has 0 heterocycles. The molecule has 0 bridgehead atoms. The second kappa shape index (κ2) is 12.7. The summed E-state index contributed by atoms with van der Waals surface area (Å²) in [5.74, 6) is 0.780. The second-order valence-electron chi connectivity index (χ2n) is 9.73. The van der Waals surface area contributed by atoms with Gasteiger partial charge in [-0.3, -0.25) is 5.21 Å². The van der Waals surface area contributed by atoms with Crippen molar-refractivity contribution in [3.05, 3.63) is 87.6 Å². The van der Waals surface area contributed by atoms with Gasteiger partial charge >= 0.3 is 0 Å². The van der Waals surface area contributed by atoms with E-state index in [0.717, 1.165) is 27.7 Å². The fourth-order valence-electron chi connectivity index (χ4n) is 4.76. The highest BCUT2D eigenvalue weighted by molar-refractivity contribution is 8.13. The molecule has 8 heteroatoms. The Labute approximate surface area is 228 Å². The zero-order valence-corrected chi connectivity index (χ0v) is 22.8. The maximum atomic E-state index is 11.6. The number of hydrogen-bond donors (Lipinski definition) is 2. The van der Waals surface area contributed by atoms with Crippen LogP contribution in [0.4, 0.5) is 11.4 Å². The summed E-state index contributed by atoms with van der Waals surface area (Å²) in [6.07, 6.45) is 6.11. The molecule has 0 radical (unpaired) electrons. The molecule has 1 aliphatic rings. The number of benzene rings is 3. The first-order chi connectivity index (χ1) is 17.8. The Morgan fingerprint density at radius 2 is 1.84 bits per heavy atom. The number of rotatable bonds is 7. The van der Waals surface area contributed by atoms with Crippen LogP contribution in [0.25, 0.3) is 0 Å². The third kappa shape index (κ3) is 7.65. The quantitative estimate of drug-likeness (QED) is 0.136. The molecule has 0 saturated heterocycles. The lowest BCUT2D eigenvalue weighted by atomic mass is 9.89. The highest BCUT2D eigenvalue weighted by Gasteiger charge is 2.22. The third-order valence-electron chi connectivity index (χ3n) is 6.65. The summed E-state index contributed by atoms with van der Waals surface area (Å²) < 4.78 is 0. The van der Waals surface area contributed by atoms with Crippen LogP contribution < -0.4 is 5.23 Å². The topological polar surface area (TPSA) is 82.4 Å². The Morgan fingerprint density at radius 3 is 2.54 bits per heavy atom. The Kier molecular flexibility index (Phi) is 9.38. The van der Waals surface area contributed by atoms with E-state index in [1.54, 1.807) is 36.0 Å². The average Bonchev–Trinajstić information content (AvgIpc) is 2.86. The molecule has 6 nitrogen and oxygen atoms in total. The molecular formula is C29H33ClN3O3S-. The van der Waals surface area contributed by atoms with Gasteiger partial charge in [0.05, 0.1) is 16.4 Å². The summed E-state index contributed by atoms with van der Waals surface area (Å²) in [4.78, 5) is 8.36. The smallest absolute Gasteiger partial charge is 0.169 e. The second-order valence-corrected chi connectivity index (χ2v) is 11.1. The van der Waals surface area contributed by atoms with E-state index in [0.29, 0.717) is 18.2 Å². The molecule has 3 aromatic carbocycles. The van der Waals surface area contributed by atoms with Gasteiger partial charge in [-0.05, 0) is 80.1 Å². The number of halogens is 1. The van der Waals surface area contributed by atoms with Gasteiger partial charge in [0.15, 0.2) is 5.17 Å². The Hall–Kier alpha value is -2.71. The zero-order chi connectivity index (χ0) is 26.4. The number of aromatic hydroxyl groups is 1. The van der Waals surface area contributed by atoms with Gasteiger partial charge in [-0.2, -0.15) is 0 Å². The van der Waals surface area contributed by atoms with Crippen molar-refractivity contribution in [3.63, 3.8) is 0 Å². The molecule has 4 rings (SSSR count). The van der Waals surface area contributed by atoms with Crippen molar-refractivity contribution >= 4 is 39.9 Å². The first kappa shape index (κ1) is 27.3. The van der Waals surface area contributed by atoms with Crippen LogP contribution in [-0.4, -0.2) is 26.9 Å². The minimum absolute atomic E-state index is 0.0504. The monoisotopic (exact) mass is 538 g/mol. The molecule has 0 amide bonds. The van der Waals surface area contributed by atoms with Gasteiger partial charge in [-0.25, -0.2) is 4.99 Å². The molecule has 0 aliphatic heterocycles. The van der Waals surface area contributed by atoms with E-state index in [9.17, 15) is 15.5 Å². The number of aliphatic imine (C=N–C) groups is 1. The number of anilines is 1. The molecule has 37 heavy (non-hydrogen) atoms. The lowest BCUT2D eigenvalue weighted by molar-refractivity contribution is 0.272. The number of thioether (sulfide) groups is 1. The van der Waals surface area contributed by atoms with Crippen LogP contribution in [0.2, 0.25) is 5.02 Å². The average molecular weight is 539 g/mol. The first-order valence-corrected chi connectivity index (χ1v) is 13.8. The number of phenols is 1. The Morgan fingerprint density at radius 1 is 1.05 bits per heavy atom. The summed E-state index contributed by atoms with van der Waals surface area (Å²) in [7, 11) is 0. The van der Waals surface area contributed by atoms with Gasteiger partial charge in [0, 0.05) is 18.0 Å². The molecule has 2 N–H and O–H groups in total. The molecule has 1 fully saturated rings. The molecule has 3 aromatic rings. The third-order valence-corrected chi connectivity index (χ3v) is 8.18. The van der Waals surface area contributed by atoms with Crippen molar-refractivity contribution in [2.24, 2.45) is 10.9 Å². The van der Waals surface area contributed by atoms with Gasteiger partial charge in [-0.1, -0.05) is 72.5 Å². The number of phenolic OH excluding ortho intramolecular Hbond substituents is 1. The molecule has 1 saturated carbocycles. The Balaban J connectivity index is 1.77. The van der Waals surface area contributed by atoms with Crippen LogP contribution in [0.15, 0.2) is 70.6 Å². The maximum absolute atomic E-state index is 11.6. The molecule has 0 unspecified atom stereocenters. The van der Waals surface area contributed by atoms with E-state index >= 15 is 0 Å². The van der Waals surface area contributed by atoms with Gasteiger partial charge < -0.3 is 20.4 Å². The van der Waals surface area contributed by atoms with E-state index in [4.69, 9.17) is 16.6 Å². The SMILES string of the molecule is Cc1ccc(SC(=Nc2ccc(Cl)c(N([O-])O)c2)N(Cc2cccc(O)c2)CC2CCCCC2)c(C)c1. The van der Waals surface area contributed by atoms with Crippen LogP contribution in [0, 0.1) is 25.0 Å². The molecular weight excluding hydrogens is 506 g/mol. The molecule has 0 atom stereocenters. The van der Waals surface area contributed by atoms with Crippen LogP contribution in [-0.2, 0) is 6.54 Å². The van der Waals surface area contributed by atoms with Gasteiger partial charge in [0.1, 0.15) is 5.75 Å². The van der Waals surface area contributed by atoms with Gasteiger partial charge in [0.25, 0.3) is 0 Å². The fraction of sp³-hybridized carbons (Fsp3) is 0.345. The van der Waals surface area contributed by atoms with Crippen molar-refractivity contribution in [2.45, 2.75) is 57.4 Å². The van der Waals surface area contributed by atoms with Gasteiger partial charge in [0.2, 0.25) is 0 Å². The lowest BCUT2D eigenvalue weighted by Gasteiger charge is -2.32. The van der Waals surface area contributed by atoms with Crippen LogP contribution in [0.1, 0.15) is 48.8 Å². The summed E-state index contributed by atoms with van der Waals surface area (Å²) in [5, 5.41) is 32.0. The highest BCUT2D eigenvalue weighted by Crippen LogP contribution is 2.34. The van der Waals surface area contributed by atoms with Crippen LogP contribution in [0.5, 0.6) is 5.75 Å². The highest BCUT2D eigenvalue weighted by atomic mass is 35.5. The Bertz CT molecular complexity index is 1240. The summed E-state index contributed by atoms with van der Waals surface area (Å²) >= 11 is 7.70. The summed E-state index contributed by atoms with van der Waals surface area (Å²) in [6, 6.07) is 18.5. The van der Waals surface area contributed by atoms with Crippen molar-refractivity contribution in [2.75, 3.05) is 11.8 Å². The molecule has 1 aliphatic carbocycles. The number of nitrogens with zero attached hydrogens (tertiary/aromatic N) is 3. The fourth-order valence-corrected chi connectivity index (χ4v) is 5.93. The first-order valence-electron chi connectivity index (χ1n) is 12.6. The summed E-state index contributed by atoms with van der Waals surface area (Å²) in [6.45, 7) is 5.58. The molecule has 0 spiro atoms. The summed E-state index contributed by atoms with van der Waals surface area (Å²) in [5.41, 5.74) is 3.81. The standard InChI is InChI=1S/C29H33ClN3O3S/c1-20-11-14-28(21(2)15-20)37-29(31-24-12-13-26(30)27(17-24)33(35)36)32(18-22-7-4-3-5-8-22)19-23-9-6-10-25(34)16-23/h6,9-17,22,34-35H,3-5,7-8,18-19H2,1-2H3/q-1. The molecule has 196 valence electrons. The maximum Gasteiger partial charge on any atom is 0.169 e. The predicted molar refractivity (Wildman–Crippen MR) is 153 cm³/mol. The van der Waals surface area contributed by atoms with Crippen molar-refractivity contribution in [3.8, 4) is 5.75 Å². The van der Waals surface area contributed by atoms with E-state index in [2.05, 4.69) is 36.9 Å². The van der Waals surface area contributed by atoms with E-state index < -0.39 is 0 Å². The predicted octanol–water partition coefficient (Wildman–Crippen LogP) is 8.22. The normalized spacial score (nSPS) is 14.6. The van der Waals surface area contributed by atoms with Crippen molar-refractivity contribution < 1.29 is 10.3 Å². The van der Waals surface area contributed by atoms with Crippen LogP contribution in [0.3, 0.4) is 0 Å². The van der Waals surface area contributed by atoms with Gasteiger partial charge in [-0.15, -0.1) is 0 Å². The van der Waals surface area contributed by atoms with Crippen LogP contribution >= 0.6 is 23.4 Å². The zero-order valence-electron chi connectivity index (χ0n) is 21.2. The number of amidine groups is 1. The van der Waals surface area contributed by atoms with E-state index in [-0.39, 0.29) is 21.7 Å².